The first kappa shape index (κ1) is 16.8. The van der Waals surface area contributed by atoms with E-state index in [4.69, 9.17) is 0 Å². The average molecular weight is 341 g/mol. The van der Waals surface area contributed by atoms with E-state index in [9.17, 15) is 19.8 Å². The lowest BCUT2D eigenvalue weighted by Crippen LogP contribution is -2.62. The van der Waals surface area contributed by atoms with E-state index in [2.05, 4.69) is 10.3 Å². The Morgan fingerprint density at radius 3 is 2.44 bits per heavy atom. The van der Waals surface area contributed by atoms with Gasteiger partial charge >= 0.3 is 11.9 Å². The first-order chi connectivity index (χ1) is 11.9. The van der Waals surface area contributed by atoms with Crippen molar-refractivity contribution in [3.05, 3.63) is 65.9 Å². The minimum Gasteiger partial charge on any atom is -0.479 e. The second kappa shape index (κ2) is 6.08. The number of aromatic nitrogens is 2. The molecule has 3 atom stereocenters. The number of carbonyl (C=O) groups is 2. The van der Waals surface area contributed by atoms with Crippen molar-refractivity contribution in [2.75, 3.05) is 0 Å². The molecule has 0 spiro atoms. The van der Waals surface area contributed by atoms with Crippen molar-refractivity contribution in [1.29, 1.82) is 0 Å². The van der Waals surface area contributed by atoms with E-state index in [0.29, 0.717) is 11.3 Å². The van der Waals surface area contributed by atoms with Crippen LogP contribution in [0.15, 0.2) is 60.3 Å². The third-order valence-corrected chi connectivity index (χ3v) is 4.86. The van der Waals surface area contributed by atoms with Crippen molar-refractivity contribution in [3.63, 3.8) is 0 Å². The number of nitrogens with zero attached hydrogens (tertiary/aromatic N) is 2. The predicted octanol–water partition coefficient (Wildman–Crippen LogP) is 1.80. The second-order valence-electron chi connectivity index (χ2n) is 6.15. The van der Waals surface area contributed by atoms with Gasteiger partial charge < -0.3 is 20.1 Å². The lowest BCUT2D eigenvalue weighted by Gasteiger charge is -2.47. The van der Waals surface area contributed by atoms with Gasteiger partial charge in [0.25, 0.3) is 0 Å². The number of imidazole rings is 1. The third kappa shape index (κ3) is 2.39. The first-order valence-electron chi connectivity index (χ1n) is 7.88. The summed E-state index contributed by atoms with van der Waals surface area (Å²) in [5, 5.41) is 23.1. The van der Waals surface area contributed by atoms with Crippen molar-refractivity contribution < 1.29 is 19.8 Å². The fourth-order valence-corrected chi connectivity index (χ4v) is 3.82. The highest BCUT2D eigenvalue weighted by atomic mass is 16.4. The molecule has 3 N–H and O–H groups in total. The molecular weight excluding hydrogens is 322 g/mol. The largest absolute Gasteiger partial charge is 0.479 e. The summed E-state index contributed by atoms with van der Waals surface area (Å²) in [5.41, 5.74) is -0.430. The Morgan fingerprint density at radius 1 is 1.24 bits per heavy atom. The Morgan fingerprint density at radius 2 is 1.92 bits per heavy atom. The van der Waals surface area contributed by atoms with Crippen LogP contribution in [0.5, 0.6) is 0 Å². The summed E-state index contributed by atoms with van der Waals surface area (Å²) in [6, 6.07) is 8.31. The van der Waals surface area contributed by atoms with E-state index in [-0.39, 0.29) is 5.57 Å². The maximum atomic E-state index is 12.5. The average Bonchev–Trinajstić information content (AvgIpc) is 3.09. The molecule has 0 aliphatic carbocycles. The molecule has 25 heavy (non-hydrogen) atoms. The summed E-state index contributed by atoms with van der Waals surface area (Å²) in [5.74, 6) is -3.14. The number of carboxylic acid groups (broad SMARTS) is 2. The van der Waals surface area contributed by atoms with Gasteiger partial charge in [-0.05, 0) is 19.4 Å². The van der Waals surface area contributed by atoms with E-state index in [1.165, 1.54) is 17.1 Å². The molecule has 1 aliphatic heterocycles. The van der Waals surface area contributed by atoms with Crippen LogP contribution >= 0.6 is 0 Å². The number of carboxylic acids is 2. The molecule has 7 nitrogen and oxygen atoms in total. The minimum atomic E-state index is -1.56. The smallest absolute Gasteiger partial charge is 0.334 e. The number of aliphatic carboxylic acids is 2. The molecule has 0 radical (unpaired) electrons. The molecule has 2 heterocycles. The number of allylic oxidation sites excluding steroid dienone is 1. The number of benzene rings is 1. The summed E-state index contributed by atoms with van der Waals surface area (Å²) in [4.78, 5) is 28.5. The number of hydrogen-bond donors (Lipinski definition) is 3. The zero-order valence-corrected chi connectivity index (χ0v) is 13.9. The number of nitrogens with one attached hydrogen (secondary N) is 1. The maximum absolute atomic E-state index is 12.5. The standard InChI is InChI=1S/C18H19N3O4/c1-11-14(16(22)23)15(13-6-4-3-5-7-13)18(17(24)25,12(2)20-11)21-9-8-19-10-21/h3-10,12,15,20H,1-2H3,(H,22,23)(H,24,25). The molecule has 2 aromatic rings. The fraction of sp³-hybridized carbons (Fsp3) is 0.278. The topological polar surface area (TPSA) is 104 Å². The Labute approximate surface area is 144 Å². The van der Waals surface area contributed by atoms with Crippen LogP contribution in [0.2, 0.25) is 0 Å². The number of hydrogen-bond acceptors (Lipinski definition) is 4. The molecule has 0 bridgehead atoms. The van der Waals surface area contributed by atoms with Crippen LogP contribution in [0.1, 0.15) is 25.3 Å². The molecule has 0 fully saturated rings. The van der Waals surface area contributed by atoms with Crippen LogP contribution in [-0.4, -0.2) is 37.7 Å². The van der Waals surface area contributed by atoms with Crippen LogP contribution in [-0.2, 0) is 15.1 Å². The van der Waals surface area contributed by atoms with E-state index in [0.717, 1.165) is 0 Å². The zero-order valence-electron chi connectivity index (χ0n) is 13.9. The summed E-state index contributed by atoms with van der Waals surface area (Å²) in [7, 11) is 0. The van der Waals surface area contributed by atoms with Gasteiger partial charge in [0.2, 0.25) is 0 Å². The summed E-state index contributed by atoms with van der Waals surface area (Å²) >= 11 is 0. The van der Waals surface area contributed by atoms with Gasteiger partial charge in [-0.25, -0.2) is 14.6 Å². The number of rotatable bonds is 4. The van der Waals surface area contributed by atoms with Crippen molar-refractivity contribution in [2.24, 2.45) is 0 Å². The molecule has 0 amide bonds. The van der Waals surface area contributed by atoms with Crippen LogP contribution in [0.4, 0.5) is 0 Å². The highest BCUT2D eigenvalue weighted by Gasteiger charge is 2.57. The minimum absolute atomic E-state index is 0.0420. The van der Waals surface area contributed by atoms with Gasteiger partial charge in [0.05, 0.1) is 23.9 Å². The van der Waals surface area contributed by atoms with Crippen LogP contribution in [0.25, 0.3) is 0 Å². The van der Waals surface area contributed by atoms with Crippen LogP contribution in [0, 0.1) is 0 Å². The van der Waals surface area contributed by atoms with Crippen LogP contribution in [0.3, 0.4) is 0 Å². The molecule has 3 unspecified atom stereocenters. The van der Waals surface area contributed by atoms with Gasteiger partial charge in [-0.1, -0.05) is 30.3 Å². The molecule has 1 aromatic heterocycles. The van der Waals surface area contributed by atoms with Crippen molar-refractivity contribution in [1.82, 2.24) is 14.9 Å². The van der Waals surface area contributed by atoms with Gasteiger partial charge in [0.15, 0.2) is 5.54 Å². The van der Waals surface area contributed by atoms with Gasteiger partial charge in [0.1, 0.15) is 0 Å². The molecular formula is C18H19N3O4. The highest BCUT2D eigenvalue weighted by molar-refractivity contribution is 5.93. The van der Waals surface area contributed by atoms with E-state index in [1.807, 2.05) is 6.07 Å². The monoisotopic (exact) mass is 341 g/mol. The highest BCUT2D eigenvalue weighted by Crippen LogP contribution is 2.46. The van der Waals surface area contributed by atoms with Crippen molar-refractivity contribution in [2.45, 2.75) is 31.3 Å². The van der Waals surface area contributed by atoms with E-state index >= 15 is 0 Å². The molecule has 0 saturated carbocycles. The maximum Gasteiger partial charge on any atom is 0.334 e. The van der Waals surface area contributed by atoms with E-state index in [1.54, 1.807) is 44.3 Å². The summed E-state index contributed by atoms with van der Waals surface area (Å²) in [6.07, 6.45) is 4.47. The molecule has 7 heteroatoms. The summed E-state index contributed by atoms with van der Waals surface area (Å²) < 4.78 is 1.49. The predicted molar refractivity (Wildman–Crippen MR) is 90.0 cm³/mol. The Bertz CT molecular complexity index is 829. The van der Waals surface area contributed by atoms with Crippen LogP contribution < -0.4 is 5.32 Å². The first-order valence-corrected chi connectivity index (χ1v) is 7.88. The Kier molecular flexibility index (Phi) is 4.08. The zero-order chi connectivity index (χ0) is 18.2. The molecule has 1 aliphatic rings. The Balaban J connectivity index is 2.38. The third-order valence-electron chi connectivity index (χ3n) is 4.86. The van der Waals surface area contributed by atoms with Crippen molar-refractivity contribution >= 4 is 11.9 Å². The van der Waals surface area contributed by atoms with Gasteiger partial charge in [-0.2, -0.15) is 0 Å². The quantitative estimate of drug-likeness (QED) is 0.783. The molecule has 130 valence electrons. The van der Waals surface area contributed by atoms with Gasteiger partial charge in [-0.15, -0.1) is 0 Å². The SMILES string of the molecule is CC1=C(C(=O)O)C(c2ccccc2)C(C(=O)O)(n2ccnc2)C(C)N1. The second-order valence-corrected chi connectivity index (χ2v) is 6.15. The normalized spacial score (nSPS) is 26.2. The molecule has 0 saturated heterocycles. The summed E-state index contributed by atoms with van der Waals surface area (Å²) in [6.45, 7) is 3.40. The van der Waals surface area contributed by atoms with Gasteiger partial charge in [0, 0.05) is 18.1 Å². The Hall–Kier alpha value is -3.09. The molecule has 1 aromatic carbocycles. The van der Waals surface area contributed by atoms with Gasteiger partial charge in [-0.3, -0.25) is 0 Å². The van der Waals surface area contributed by atoms with E-state index < -0.39 is 29.4 Å². The van der Waals surface area contributed by atoms with Crippen molar-refractivity contribution in [3.8, 4) is 0 Å². The lowest BCUT2D eigenvalue weighted by molar-refractivity contribution is -0.151. The lowest BCUT2D eigenvalue weighted by atomic mass is 9.67. The molecule has 3 rings (SSSR count). The fourth-order valence-electron chi connectivity index (χ4n) is 3.82.